The Morgan fingerprint density at radius 1 is 0.829 bits per heavy atom. The van der Waals surface area contributed by atoms with E-state index in [1.54, 1.807) is 0 Å². The lowest BCUT2D eigenvalue weighted by molar-refractivity contribution is -0.263. The molecule has 2 aliphatic rings. The summed E-state index contributed by atoms with van der Waals surface area (Å²) >= 11 is 0. The minimum absolute atomic E-state index is 0.00700. The highest BCUT2D eigenvalue weighted by Crippen LogP contribution is 2.47. The molecule has 6 nitrogen and oxygen atoms in total. The predicted octanol–water partition coefficient (Wildman–Crippen LogP) is 3.64. The number of hydrogen-bond donors (Lipinski definition) is 3. The smallest absolute Gasteiger partial charge is 0.184 e. The summed E-state index contributed by atoms with van der Waals surface area (Å²) in [7, 11) is 0. The highest BCUT2D eigenvalue weighted by atomic mass is 16.7. The van der Waals surface area contributed by atoms with Crippen molar-refractivity contribution in [1.82, 2.24) is 4.90 Å². The molecular weight excluding hydrogens is 440 g/mol. The van der Waals surface area contributed by atoms with Crippen LogP contribution in [0.4, 0.5) is 0 Å². The van der Waals surface area contributed by atoms with Gasteiger partial charge in [-0.1, -0.05) is 78.9 Å². The summed E-state index contributed by atoms with van der Waals surface area (Å²) in [5.41, 5.74) is 10.9. The van der Waals surface area contributed by atoms with Crippen molar-refractivity contribution in [2.75, 3.05) is 19.6 Å². The molecule has 6 heteroatoms. The third-order valence-electron chi connectivity index (χ3n) is 7.14. The lowest BCUT2D eigenvalue weighted by atomic mass is 9.83. The maximum atomic E-state index is 10.1. The van der Waals surface area contributed by atoms with Crippen molar-refractivity contribution in [3.63, 3.8) is 0 Å². The van der Waals surface area contributed by atoms with Crippen molar-refractivity contribution in [3.8, 4) is 0 Å². The lowest BCUT2D eigenvalue weighted by Crippen LogP contribution is -2.44. The molecule has 0 saturated carbocycles. The Kier molecular flexibility index (Phi) is 7.58. The summed E-state index contributed by atoms with van der Waals surface area (Å²) in [6.07, 6.45) is -0.406. The van der Waals surface area contributed by atoms with Gasteiger partial charge in [0.05, 0.1) is 24.9 Å². The normalized spacial score (nSPS) is 27.2. The largest absolute Gasteiger partial charge is 0.392 e. The third kappa shape index (κ3) is 5.48. The van der Waals surface area contributed by atoms with E-state index in [2.05, 4.69) is 29.2 Å². The fourth-order valence-corrected chi connectivity index (χ4v) is 5.21. The summed E-state index contributed by atoms with van der Waals surface area (Å²) in [5.74, 6) is -0.0338. The number of β-amino-alcohol motifs (C(OH)–C–C–N with tert-alkyl or cyclic N) is 1. The summed E-state index contributed by atoms with van der Waals surface area (Å²) in [5, 5.41) is 19.7. The Hall–Kier alpha value is -2.58. The molecule has 1 unspecified atom stereocenters. The van der Waals surface area contributed by atoms with Crippen LogP contribution in [0.5, 0.6) is 0 Å². The van der Waals surface area contributed by atoms with Gasteiger partial charge < -0.3 is 25.4 Å². The van der Waals surface area contributed by atoms with Gasteiger partial charge >= 0.3 is 0 Å². The highest BCUT2D eigenvalue weighted by molar-refractivity contribution is 5.32. The van der Waals surface area contributed by atoms with E-state index in [1.165, 1.54) is 0 Å². The number of likely N-dealkylation sites (tertiary alicyclic amines) is 1. The van der Waals surface area contributed by atoms with Crippen molar-refractivity contribution < 1.29 is 19.7 Å². The van der Waals surface area contributed by atoms with Crippen molar-refractivity contribution >= 4 is 0 Å². The van der Waals surface area contributed by atoms with Crippen LogP contribution in [0.2, 0.25) is 0 Å². The molecule has 0 aliphatic carbocycles. The standard InChI is InChI=1S/C29H34N2O4/c30-16-20-6-12-24(13-7-20)29-34-26(18-31-15-14-25(33)17-31)27(22-4-2-1-3-5-22)28(35-29)23-10-8-21(19-32)9-11-23/h1-13,25-29,32-33H,14-19,30H2/t25-,26-,27-,28+,29?/m1/s1. The zero-order valence-corrected chi connectivity index (χ0v) is 19.9. The van der Waals surface area contributed by atoms with Gasteiger partial charge in [0.25, 0.3) is 0 Å². The fourth-order valence-electron chi connectivity index (χ4n) is 5.21. The van der Waals surface area contributed by atoms with E-state index in [1.807, 2.05) is 54.6 Å². The van der Waals surface area contributed by atoms with Gasteiger partial charge in [-0.2, -0.15) is 0 Å². The highest BCUT2D eigenvalue weighted by Gasteiger charge is 2.43. The first-order chi connectivity index (χ1) is 17.1. The van der Waals surface area contributed by atoms with Gasteiger partial charge in [-0.25, -0.2) is 0 Å². The Morgan fingerprint density at radius 2 is 1.51 bits per heavy atom. The molecule has 3 aromatic carbocycles. The Morgan fingerprint density at radius 3 is 2.14 bits per heavy atom. The molecule has 0 aromatic heterocycles. The molecule has 0 spiro atoms. The molecule has 4 N–H and O–H groups in total. The van der Waals surface area contributed by atoms with Gasteiger partial charge in [-0.05, 0) is 28.7 Å². The minimum Gasteiger partial charge on any atom is -0.392 e. The lowest BCUT2D eigenvalue weighted by Gasteiger charge is -2.44. The SMILES string of the molecule is NCc1ccc(C2O[C@H](CN3CC[C@@H](O)C3)[C@@H](c3ccccc3)[C@H](c3ccc(CO)cc3)O2)cc1. The van der Waals surface area contributed by atoms with Gasteiger partial charge in [0.2, 0.25) is 0 Å². The zero-order chi connectivity index (χ0) is 24.2. The molecule has 0 bridgehead atoms. The van der Waals surface area contributed by atoms with Crippen LogP contribution >= 0.6 is 0 Å². The molecular formula is C29H34N2O4. The van der Waals surface area contributed by atoms with Crippen molar-refractivity contribution in [2.45, 2.75) is 50.1 Å². The number of benzene rings is 3. The number of nitrogens with zero attached hydrogens (tertiary/aromatic N) is 1. The van der Waals surface area contributed by atoms with E-state index in [9.17, 15) is 10.2 Å². The summed E-state index contributed by atoms with van der Waals surface area (Å²) in [6.45, 7) is 2.72. The van der Waals surface area contributed by atoms with E-state index in [0.29, 0.717) is 19.6 Å². The maximum absolute atomic E-state index is 10.1. The molecule has 2 aliphatic heterocycles. The molecule has 5 rings (SSSR count). The van der Waals surface area contributed by atoms with Crippen LogP contribution in [0.15, 0.2) is 78.9 Å². The second kappa shape index (κ2) is 11.0. The third-order valence-corrected chi connectivity index (χ3v) is 7.14. The van der Waals surface area contributed by atoms with Crippen LogP contribution < -0.4 is 5.73 Å². The van der Waals surface area contributed by atoms with Crippen LogP contribution in [-0.2, 0) is 22.6 Å². The predicted molar refractivity (Wildman–Crippen MR) is 134 cm³/mol. The van der Waals surface area contributed by atoms with Gasteiger partial charge in [0.1, 0.15) is 0 Å². The van der Waals surface area contributed by atoms with Crippen molar-refractivity contribution in [2.24, 2.45) is 5.73 Å². The van der Waals surface area contributed by atoms with Gasteiger partial charge in [-0.3, -0.25) is 4.90 Å². The monoisotopic (exact) mass is 474 g/mol. The molecule has 184 valence electrons. The summed E-state index contributed by atoms with van der Waals surface area (Å²) in [4.78, 5) is 2.29. The van der Waals surface area contributed by atoms with Crippen LogP contribution in [0.1, 0.15) is 52.5 Å². The Bertz CT molecular complexity index is 1070. The van der Waals surface area contributed by atoms with Crippen LogP contribution in [-0.4, -0.2) is 47.0 Å². The second-order valence-corrected chi connectivity index (χ2v) is 9.55. The molecule has 0 radical (unpaired) electrons. The molecule has 2 heterocycles. The van der Waals surface area contributed by atoms with E-state index < -0.39 is 6.29 Å². The van der Waals surface area contributed by atoms with Gasteiger partial charge in [0.15, 0.2) is 6.29 Å². The Labute approximate surface area is 206 Å². The number of aliphatic hydroxyl groups is 2. The Balaban J connectivity index is 1.53. The van der Waals surface area contributed by atoms with Gasteiger partial charge in [-0.15, -0.1) is 0 Å². The first-order valence-corrected chi connectivity index (χ1v) is 12.4. The maximum Gasteiger partial charge on any atom is 0.184 e. The minimum atomic E-state index is -0.526. The topological polar surface area (TPSA) is 88.2 Å². The van der Waals surface area contributed by atoms with E-state index in [4.69, 9.17) is 15.2 Å². The number of ether oxygens (including phenoxy) is 2. The quantitative estimate of drug-likeness (QED) is 0.485. The van der Waals surface area contributed by atoms with Crippen LogP contribution in [0, 0.1) is 0 Å². The number of aliphatic hydroxyl groups excluding tert-OH is 2. The van der Waals surface area contributed by atoms with E-state index in [-0.39, 0.29) is 30.8 Å². The van der Waals surface area contributed by atoms with Crippen molar-refractivity contribution in [1.29, 1.82) is 0 Å². The first kappa shape index (κ1) is 24.1. The first-order valence-electron chi connectivity index (χ1n) is 12.4. The number of nitrogens with two attached hydrogens (primary N) is 1. The van der Waals surface area contributed by atoms with Crippen molar-refractivity contribution in [3.05, 3.63) is 107 Å². The second-order valence-electron chi connectivity index (χ2n) is 9.55. The average Bonchev–Trinajstić information content (AvgIpc) is 3.33. The molecule has 2 fully saturated rings. The van der Waals surface area contributed by atoms with Crippen LogP contribution in [0.3, 0.4) is 0 Å². The number of hydrogen-bond acceptors (Lipinski definition) is 6. The molecule has 0 amide bonds. The summed E-state index contributed by atoms with van der Waals surface area (Å²) < 4.78 is 13.4. The van der Waals surface area contributed by atoms with E-state index >= 15 is 0 Å². The average molecular weight is 475 g/mol. The van der Waals surface area contributed by atoms with Gasteiger partial charge in [0, 0.05) is 37.7 Å². The molecule has 3 aromatic rings. The summed E-state index contributed by atoms with van der Waals surface area (Å²) in [6, 6.07) is 26.5. The fraction of sp³-hybridized carbons (Fsp3) is 0.379. The molecule has 5 atom stereocenters. The zero-order valence-electron chi connectivity index (χ0n) is 19.9. The van der Waals surface area contributed by atoms with E-state index in [0.717, 1.165) is 40.8 Å². The van der Waals surface area contributed by atoms with Crippen LogP contribution in [0.25, 0.3) is 0 Å². The molecule has 2 saturated heterocycles. The molecule has 35 heavy (non-hydrogen) atoms. The number of rotatable bonds is 7.